The first-order valence-electron chi connectivity index (χ1n) is 9.45. The van der Waals surface area contributed by atoms with Gasteiger partial charge in [0, 0.05) is 0 Å². The SMILES string of the molecule is O=C(OCC(CCCC(CCC[C@H](O)C(=O)O)C(=O)O)C(=O)O)c1ccccc1O. The highest BCUT2D eigenvalue weighted by Crippen LogP contribution is 2.21. The number of hydrogen-bond acceptors (Lipinski definition) is 7. The number of aromatic hydroxyl groups is 1. The first-order chi connectivity index (χ1) is 14.1. The van der Waals surface area contributed by atoms with Crippen LogP contribution < -0.4 is 0 Å². The van der Waals surface area contributed by atoms with E-state index in [0.717, 1.165) is 0 Å². The average Bonchev–Trinajstić information content (AvgIpc) is 2.68. The predicted octanol–water partition coefficient (Wildman–Crippen LogP) is 1.74. The topological polar surface area (TPSA) is 179 Å². The molecule has 1 rings (SSSR count). The number of carboxylic acid groups (broad SMARTS) is 3. The van der Waals surface area contributed by atoms with Crippen LogP contribution in [0.2, 0.25) is 0 Å². The molecule has 30 heavy (non-hydrogen) atoms. The summed E-state index contributed by atoms with van der Waals surface area (Å²) in [4.78, 5) is 45.3. The molecule has 0 radical (unpaired) electrons. The van der Waals surface area contributed by atoms with E-state index in [-0.39, 0.29) is 49.8 Å². The summed E-state index contributed by atoms with van der Waals surface area (Å²) in [5, 5.41) is 46.0. The average molecular weight is 426 g/mol. The molecule has 0 spiro atoms. The second kappa shape index (κ2) is 12.4. The zero-order valence-electron chi connectivity index (χ0n) is 16.3. The first kappa shape index (κ1) is 24.9. The third-order valence-corrected chi connectivity index (χ3v) is 4.66. The number of ether oxygens (including phenoxy) is 1. The molecule has 166 valence electrons. The number of aliphatic hydroxyl groups is 1. The summed E-state index contributed by atoms with van der Waals surface area (Å²) in [6.07, 6.45) is -0.789. The molecule has 0 fully saturated rings. The van der Waals surface area contributed by atoms with Gasteiger partial charge in [-0.3, -0.25) is 9.59 Å². The van der Waals surface area contributed by atoms with Crippen molar-refractivity contribution in [3.63, 3.8) is 0 Å². The number of hydrogen-bond donors (Lipinski definition) is 5. The summed E-state index contributed by atoms with van der Waals surface area (Å²) in [6.45, 7) is -0.426. The Kier molecular flexibility index (Phi) is 10.3. The van der Waals surface area contributed by atoms with Crippen molar-refractivity contribution < 1.29 is 49.4 Å². The van der Waals surface area contributed by atoms with Crippen LogP contribution in [0.5, 0.6) is 5.75 Å². The maximum atomic E-state index is 12.0. The van der Waals surface area contributed by atoms with Gasteiger partial charge < -0.3 is 30.3 Å². The molecule has 0 saturated carbocycles. The number of rotatable bonds is 14. The molecule has 1 aromatic rings. The maximum absolute atomic E-state index is 12.0. The number of carboxylic acids is 3. The summed E-state index contributed by atoms with van der Waals surface area (Å²) in [5.41, 5.74) is -0.0869. The van der Waals surface area contributed by atoms with Crippen LogP contribution in [0.15, 0.2) is 24.3 Å². The fourth-order valence-electron chi connectivity index (χ4n) is 2.86. The number of aliphatic carboxylic acids is 3. The number of aliphatic hydroxyl groups excluding tert-OH is 1. The van der Waals surface area contributed by atoms with E-state index in [9.17, 15) is 39.6 Å². The minimum atomic E-state index is -1.55. The van der Waals surface area contributed by atoms with Gasteiger partial charge in [0.15, 0.2) is 6.10 Å². The highest BCUT2D eigenvalue weighted by Gasteiger charge is 2.24. The molecular formula is C20H26O10. The van der Waals surface area contributed by atoms with E-state index < -0.39 is 48.4 Å². The summed E-state index contributed by atoms with van der Waals surface area (Å²) in [7, 11) is 0. The molecule has 0 saturated heterocycles. The van der Waals surface area contributed by atoms with Gasteiger partial charge in [-0.15, -0.1) is 0 Å². The Hall–Kier alpha value is -3.14. The molecule has 2 unspecified atom stereocenters. The zero-order chi connectivity index (χ0) is 22.7. The largest absolute Gasteiger partial charge is 0.507 e. The van der Waals surface area contributed by atoms with Crippen LogP contribution in [0, 0.1) is 11.8 Å². The lowest BCUT2D eigenvalue weighted by atomic mass is 9.92. The second-order valence-corrected chi connectivity index (χ2v) is 6.90. The van der Waals surface area contributed by atoms with Crippen LogP contribution in [0.25, 0.3) is 0 Å². The van der Waals surface area contributed by atoms with E-state index in [1.54, 1.807) is 0 Å². The number of esters is 1. The zero-order valence-corrected chi connectivity index (χ0v) is 16.3. The Balaban J connectivity index is 2.49. The number of para-hydroxylation sites is 1. The highest BCUT2D eigenvalue weighted by atomic mass is 16.5. The quantitative estimate of drug-likeness (QED) is 0.275. The van der Waals surface area contributed by atoms with Gasteiger partial charge in [0.1, 0.15) is 17.9 Å². The first-order valence-corrected chi connectivity index (χ1v) is 9.45. The molecule has 0 heterocycles. The van der Waals surface area contributed by atoms with Crippen molar-refractivity contribution in [3.8, 4) is 5.75 Å². The lowest BCUT2D eigenvalue weighted by Gasteiger charge is -2.16. The minimum Gasteiger partial charge on any atom is -0.507 e. The van der Waals surface area contributed by atoms with Gasteiger partial charge in [-0.2, -0.15) is 0 Å². The molecule has 10 heteroatoms. The molecular weight excluding hydrogens is 400 g/mol. The van der Waals surface area contributed by atoms with Gasteiger partial charge >= 0.3 is 23.9 Å². The van der Waals surface area contributed by atoms with Crippen LogP contribution in [0.4, 0.5) is 0 Å². The van der Waals surface area contributed by atoms with Crippen molar-refractivity contribution >= 4 is 23.9 Å². The monoisotopic (exact) mass is 426 g/mol. The molecule has 0 aliphatic rings. The van der Waals surface area contributed by atoms with E-state index in [4.69, 9.17) is 9.84 Å². The van der Waals surface area contributed by atoms with Gasteiger partial charge in [-0.25, -0.2) is 9.59 Å². The van der Waals surface area contributed by atoms with E-state index >= 15 is 0 Å². The van der Waals surface area contributed by atoms with Gasteiger partial charge in [-0.05, 0) is 44.2 Å². The molecule has 3 atom stereocenters. The number of carbonyl (C=O) groups excluding carboxylic acids is 1. The van der Waals surface area contributed by atoms with E-state index in [1.807, 2.05) is 0 Å². The Morgan fingerprint density at radius 1 is 0.800 bits per heavy atom. The molecule has 10 nitrogen and oxygen atoms in total. The minimum absolute atomic E-state index is 0.0703. The van der Waals surface area contributed by atoms with Crippen molar-refractivity contribution in [1.29, 1.82) is 0 Å². The van der Waals surface area contributed by atoms with E-state index in [1.165, 1.54) is 24.3 Å². The van der Waals surface area contributed by atoms with Crippen molar-refractivity contribution in [2.75, 3.05) is 6.61 Å². The lowest BCUT2D eigenvalue weighted by molar-refractivity contribution is -0.147. The van der Waals surface area contributed by atoms with Crippen molar-refractivity contribution in [3.05, 3.63) is 29.8 Å². The molecule has 0 aliphatic carbocycles. The molecule has 5 N–H and O–H groups in total. The standard InChI is InChI=1S/C20H26O10/c21-15-9-2-1-8-14(15)20(29)30-11-13(18(25)26)7-3-5-12(17(23)24)6-4-10-16(22)19(27)28/h1-2,8-9,12-13,16,21-22H,3-7,10-11H2,(H,23,24)(H,25,26)(H,27,28)/t12?,13?,16-/m0/s1. The molecule has 1 aromatic carbocycles. The summed E-state index contributed by atoms with van der Waals surface area (Å²) in [6, 6.07) is 5.68. The number of phenolic OH excluding ortho intramolecular Hbond substituents is 1. The Morgan fingerprint density at radius 2 is 1.33 bits per heavy atom. The normalized spacial score (nSPS) is 13.8. The Morgan fingerprint density at radius 3 is 1.87 bits per heavy atom. The maximum Gasteiger partial charge on any atom is 0.341 e. The molecule has 0 bridgehead atoms. The summed E-state index contributed by atoms with van der Waals surface area (Å²) in [5.74, 6) is -6.64. The van der Waals surface area contributed by atoms with Crippen LogP contribution in [-0.2, 0) is 19.1 Å². The molecule has 0 amide bonds. The fraction of sp³-hybridized carbons (Fsp3) is 0.500. The van der Waals surface area contributed by atoms with Crippen molar-refractivity contribution in [2.45, 2.75) is 44.6 Å². The van der Waals surface area contributed by atoms with Crippen molar-refractivity contribution in [1.82, 2.24) is 0 Å². The van der Waals surface area contributed by atoms with Crippen LogP contribution in [-0.4, -0.2) is 62.1 Å². The Bertz CT molecular complexity index is 745. The Labute approximate surface area is 172 Å². The summed E-state index contributed by atoms with van der Waals surface area (Å²) >= 11 is 0. The van der Waals surface area contributed by atoms with Crippen molar-refractivity contribution in [2.24, 2.45) is 11.8 Å². The van der Waals surface area contributed by atoms with Gasteiger partial charge in [-0.1, -0.05) is 18.6 Å². The van der Waals surface area contributed by atoms with Gasteiger partial charge in [0.25, 0.3) is 0 Å². The smallest absolute Gasteiger partial charge is 0.341 e. The second-order valence-electron chi connectivity index (χ2n) is 6.90. The summed E-state index contributed by atoms with van der Waals surface area (Å²) < 4.78 is 4.97. The number of phenols is 1. The fourth-order valence-corrected chi connectivity index (χ4v) is 2.86. The van der Waals surface area contributed by atoms with Crippen LogP contribution >= 0.6 is 0 Å². The third kappa shape index (κ3) is 8.48. The van der Waals surface area contributed by atoms with Crippen LogP contribution in [0.3, 0.4) is 0 Å². The number of benzene rings is 1. The number of carbonyl (C=O) groups is 4. The lowest BCUT2D eigenvalue weighted by Crippen LogP contribution is -2.23. The molecule has 0 aromatic heterocycles. The van der Waals surface area contributed by atoms with E-state index in [0.29, 0.717) is 0 Å². The highest BCUT2D eigenvalue weighted by molar-refractivity contribution is 5.92. The van der Waals surface area contributed by atoms with E-state index in [2.05, 4.69) is 0 Å². The van der Waals surface area contributed by atoms with Gasteiger partial charge in [0.05, 0.1) is 11.8 Å². The molecule has 0 aliphatic heterocycles. The predicted molar refractivity (Wildman–Crippen MR) is 102 cm³/mol. The third-order valence-electron chi connectivity index (χ3n) is 4.66. The van der Waals surface area contributed by atoms with Gasteiger partial charge in [0.2, 0.25) is 0 Å². The van der Waals surface area contributed by atoms with Crippen LogP contribution in [0.1, 0.15) is 48.9 Å².